The zero-order chi connectivity index (χ0) is 14.2. The van der Waals surface area contributed by atoms with E-state index in [4.69, 9.17) is 9.47 Å². The normalized spacial score (nSPS) is 20.0. The third kappa shape index (κ3) is 4.80. The molecule has 3 heteroatoms. The van der Waals surface area contributed by atoms with Crippen LogP contribution in [0.15, 0.2) is 24.3 Å². The van der Waals surface area contributed by atoms with E-state index in [2.05, 4.69) is 23.1 Å². The van der Waals surface area contributed by atoms with Crippen molar-refractivity contribution in [3.05, 3.63) is 29.8 Å². The standard InChI is InChI=1S/C17H27NO2/c1-19-14-16-8-5-11-18(13-16)10-4-7-15-6-3-9-17(12-15)20-2/h3,6,9,12,16H,4-5,7-8,10-11,13-14H2,1-2H3/t16-/m1/s1. The number of likely N-dealkylation sites (tertiary alicyclic amines) is 1. The monoisotopic (exact) mass is 277 g/mol. The summed E-state index contributed by atoms with van der Waals surface area (Å²) in [7, 11) is 3.53. The Morgan fingerprint density at radius 3 is 3.00 bits per heavy atom. The van der Waals surface area contributed by atoms with Crippen molar-refractivity contribution in [3.8, 4) is 5.75 Å². The maximum atomic E-state index is 5.29. The summed E-state index contributed by atoms with van der Waals surface area (Å²) in [4.78, 5) is 2.59. The van der Waals surface area contributed by atoms with Crippen LogP contribution in [0.1, 0.15) is 24.8 Å². The summed E-state index contributed by atoms with van der Waals surface area (Å²) in [5.74, 6) is 1.69. The molecule has 0 saturated carbocycles. The molecule has 0 amide bonds. The Hall–Kier alpha value is -1.06. The van der Waals surface area contributed by atoms with Crippen LogP contribution in [-0.4, -0.2) is 45.4 Å². The highest BCUT2D eigenvalue weighted by Gasteiger charge is 2.19. The van der Waals surface area contributed by atoms with E-state index in [0.29, 0.717) is 0 Å². The van der Waals surface area contributed by atoms with Crippen LogP contribution in [0.25, 0.3) is 0 Å². The van der Waals surface area contributed by atoms with Crippen molar-refractivity contribution in [3.63, 3.8) is 0 Å². The molecule has 0 aromatic heterocycles. The van der Waals surface area contributed by atoms with Gasteiger partial charge in [-0.2, -0.15) is 0 Å². The summed E-state index contributed by atoms with van der Waals surface area (Å²) >= 11 is 0. The largest absolute Gasteiger partial charge is 0.497 e. The second kappa shape index (κ2) is 8.28. The van der Waals surface area contributed by atoms with E-state index in [0.717, 1.165) is 24.7 Å². The predicted molar refractivity (Wildman–Crippen MR) is 82.4 cm³/mol. The Labute approximate surface area is 122 Å². The van der Waals surface area contributed by atoms with Crippen LogP contribution in [0, 0.1) is 5.92 Å². The number of aryl methyl sites for hydroxylation is 1. The third-order valence-corrected chi connectivity index (χ3v) is 4.08. The van der Waals surface area contributed by atoms with Crippen LogP contribution in [0.3, 0.4) is 0 Å². The average molecular weight is 277 g/mol. The molecule has 1 atom stereocenters. The van der Waals surface area contributed by atoms with Gasteiger partial charge in [-0.15, -0.1) is 0 Å². The van der Waals surface area contributed by atoms with Crippen molar-refractivity contribution in [2.45, 2.75) is 25.7 Å². The lowest BCUT2D eigenvalue weighted by Gasteiger charge is -2.32. The number of rotatable bonds is 7. The quantitative estimate of drug-likeness (QED) is 0.765. The molecule has 0 unspecified atom stereocenters. The van der Waals surface area contributed by atoms with Gasteiger partial charge in [0.2, 0.25) is 0 Å². The molecule has 2 rings (SSSR count). The maximum absolute atomic E-state index is 5.29. The topological polar surface area (TPSA) is 21.7 Å². The summed E-state index contributed by atoms with van der Waals surface area (Å²) < 4.78 is 10.6. The minimum absolute atomic E-state index is 0.727. The summed E-state index contributed by atoms with van der Waals surface area (Å²) in [6.07, 6.45) is 4.98. The smallest absolute Gasteiger partial charge is 0.119 e. The first-order chi connectivity index (χ1) is 9.81. The van der Waals surface area contributed by atoms with Crippen molar-refractivity contribution < 1.29 is 9.47 Å². The fraction of sp³-hybridized carbons (Fsp3) is 0.647. The molecule has 1 saturated heterocycles. The minimum atomic E-state index is 0.727. The lowest BCUT2D eigenvalue weighted by Crippen LogP contribution is -2.37. The SMILES string of the molecule is COC[C@@H]1CCCN(CCCc2cccc(OC)c2)C1. The first-order valence-corrected chi connectivity index (χ1v) is 7.66. The molecule has 1 aromatic rings. The molecule has 3 nitrogen and oxygen atoms in total. The Kier molecular flexibility index (Phi) is 6.34. The molecule has 1 fully saturated rings. The molecule has 0 spiro atoms. The van der Waals surface area contributed by atoms with Gasteiger partial charge in [-0.25, -0.2) is 0 Å². The Bertz CT molecular complexity index is 392. The van der Waals surface area contributed by atoms with E-state index in [9.17, 15) is 0 Å². The summed E-state index contributed by atoms with van der Waals surface area (Å²) in [6.45, 7) is 4.55. The minimum Gasteiger partial charge on any atom is -0.497 e. The number of methoxy groups -OCH3 is 2. The molecule has 1 aliphatic rings. The van der Waals surface area contributed by atoms with Gasteiger partial charge >= 0.3 is 0 Å². The molecular formula is C17H27NO2. The van der Waals surface area contributed by atoms with Gasteiger partial charge in [0.05, 0.1) is 13.7 Å². The highest BCUT2D eigenvalue weighted by atomic mass is 16.5. The third-order valence-electron chi connectivity index (χ3n) is 4.08. The highest BCUT2D eigenvalue weighted by molar-refractivity contribution is 5.28. The molecule has 112 valence electrons. The second-order valence-corrected chi connectivity index (χ2v) is 5.72. The van der Waals surface area contributed by atoms with Gasteiger partial charge in [0.1, 0.15) is 5.75 Å². The van der Waals surface area contributed by atoms with Crippen LogP contribution in [0.4, 0.5) is 0 Å². The zero-order valence-corrected chi connectivity index (χ0v) is 12.8. The van der Waals surface area contributed by atoms with Crippen molar-refractivity contribution in [2.24, 2.45) is 5.92 Å². The van der Waals surface area contributed by atoms with E-state index in [1.165, 1.54) is 44.5 Å². The maximum Gasteiger partial charge on any atom is 0.119 e. The van der Waals surface area contributed by atoms with E-state index in [1.807, 2.05) is 13.2 Å². The number of piperidine rings is 1. The fourth-order valence-corrected chi connectivity index (χ4v) is 3.06. The molecule has 0 N–H and O–H groups in total. The Morgan fingerprint density at radius 2 is 2.20 bits per heavy atom. The molecular weight excluding hydrogens is 250 g/mol. The van der Waals surface area contributed by atoms with E-state index in [-0.39, 0.29) is 0 Å². The number of hydrogen-bond acceptors (Lipinski definition) is 3. The van der Waals surface area contributed by atoms with Crippen molar-refractivity contribution in [1.82, 2.24) is 4.90 Å². The predicted octanol–water partition coefficient (Wildman–Crippen LogP) is 2.99. The Morgan fingerprint density at radius 1 is 1.30 bits per heavy atom. The van der Waals surface area contributed by atoms with Crippen LogP contribution in [0.5, 0.6) is 5.75 Å². The van der Waals surface area contributed by atoms with Crippen LogP contribution in [0.2, 0.25) is 0 Å². The van der Waals surface area contributed by atoms with Crippen LogP contribution < -0.4 is 4.74 Å². The van der Waals surface area contributed by atoms with Gasteiger partial charge in [0.25, 0.3) is 0 Å². The van der Waals surface area contributed by atoms with Crippen molar-refractivity contribution in [1.29, 1.82) is 0 Å². The molecule has 0 radical (unpaired) electrons. The van der Waals surface area contributed by atoms with E-state index in [1.54, 1.807) is 7.11 Å². The van der Waals surface area contributed by atoms with Gasteiger partial charge in [-0.1, -0.05) is 12.1 Å². The van der Waals surface area contributed by atoms with Gasteiger partial charge in [-0.3, -0.25) is 0 Å². The summed E-state index contributed by atoms with van der Waals surface area (Å²) in [6, 6.07) is 8.41. The highest BCUT2D eigenvalue weighted by Crippen LogP contribution is 2.18. The molecule has 1 heterocycles. The van der Waals surface area contributed by atoms with Crippen molar-refractivity contribution >= 4 is 0 Å². The van der Waals surface area contributed by atoms with E-state index < -0.39 is 0 Å². The van der Waals surface area contributed by atoms with Crippen molar-refractivity contribution in [2.75, 3.05) is 40.5 Å². The lowest BCUT2D eigenvalue weighted by molar-refractivity contribution is 0.0902. The Balaban J connectivity index is 1.72. The summed E-state index contributed by atoms with van der Waals surface area (Å²) in [5, 5.41) is 0. The molecule has 1 aliphatic heterocycles. The molecule has 0 aliphatic carbocycles. The molecule has 0 bridgehead atoms. The fourth-order valence-electron chi connectivity index (χ4n) is 3.06. The van der Waals surface area contributed by atoms with Gasteiger partial charge in [0, 0.05) is 13.7 Å². The van der Waals surface area contributed by atoms with E-state index >= 15 is 0 Å². The number of hydrogen-bond donors (Lipinski definition) is 0. The first-order valence-electron chi connectivity index (χ1n) is 7.66. The number of ether oxygens (including phenoxy) is 2. The summed E-state index contributed by atoms with van der Waals surface area (Å²) in [5.41, 5.74) is 1.37. The van der Waals surface area contributed by atoms with Crippen LogP contribution in [-0.2, 0) is 11.2 Å². The van der Waals surface area contributed by atoms with Gasteiger partial charge in [0.15, 0.2) is 0 Å². The number of benzene rings is 1. The first kappa shape index (κ1) is 15.3. The molecule has 1 aromatic carbocycles. The van der Waals surface area contributed by atoms with Gasteiger partial charge in [-0.05, 0) is 62.4 Å². The second-order valence-electron chi connectivity index (χ2n) is 5.72. The zero-order valence-electron chi connectivity index (χ0n) is 12.8. The lowest BCUT2D eigenvalue weighted by atomic mass is 9.98. The van der Waals surface area contributed by atoms with Crippen LogP contribution >= 0.6 is 0 Å². The molecule has 20 heavy (non-hydrogen) atoms. The average Bonchev–Trinajstić information content (AvgIpc) is 2.48. The number of nitrogens with zero attached hydrogens (tertiary/aromatic N) is 1. The van der Waals surface area contributed by atoms with Gasteiger partial charge < -0.3 is 14.4 Å².